The van der Waals surface area contributed by atoms with Crippen LogP contribution in [0.15, 0.2) is 17.7 Å². The lowest BCUT2D eigenvalue weighted by atomic mass is 9.97. The van der Waals surface area contributed by atoms with Gasteiger partial charge in [-0.25, -0.2) is 0 Å². The molecule has 1 fully saturated rings. The SMILES string of the molecule is O=[N+]([O-])c1c(C=C2CCCCCCCCCCC2)nc2ccc(Cl)nn12. The summed E-state index contributed by atoms with van der Waals surface area (Å²) in [4.78, 5) is 15.6. The van der Waals surface area contributed by atoms with E-state index in [4.69, 9.17) is 11.6 Å². The van der Waals surface area contributed by atoms with Gasteiger partial charge in [0.2, 0.25) is 5.65 Å². The molecule has 0 N–H and O–H groups in total. The Morgan fingerprint density at radius 1 is 1.00 bits per heavy atom. The molecule has 1 saturated carbocycles. The van der Waals surface area contributed by atoms with E-state index < -0.39 is 4.92 Å². The number of aromatic nitrogens is 3. The van der Waals surface area contributed by atoms with Gasteiger partial charge in [0.1, 0.15) is 0 Å². The number of halogens is 1. The molecule has 140 valence electrons. The lowest BCUT2D eigenvalue weighted by Gasteiger charge is -2.10. The first-order chi connectivity index (χ1) is 12.6. The average molecular weight is 377 g/mol. The van der Waals surface area contributed by atoms with Crippen LogP contribution in [0.4, 0.5) is 5.82 Å². The normalized spacial score (nSPS) is 17.5. The van der Waals surface area contributed by atoms with Gasteiger partial charge in [-0.05, 0) is 42.7 Å². The molecule has 0 atom stereocenters. The van der Waals surface area contributed by atoms with Gasteiger partial charge in [-0.15, -0.1) is 0 Å². The average Bonchev–Trinajstić information content (AvgIpc) is 2.94. The van der Waals surface area contributed by atoms with Crippen LogP contribution in [0.5, 0.6) is 0 Å². The molecule has 3 rings (SSSR count). The van der Waals surface area contributed by atoms with Gasteiger partial charge in [0.15, 0.2) is 10.8 Å². The maximum absolute atomic E-state index is 11.6. The largest absolute Gasteiger partial charge is 0.376 e. The monoisotopic (exact) mass is 376 g/mol. The van der Waals surface area contributed by atoms with Crippen molar-refractivity contribution in [2.45, 2.75) is 70.6 Å². The van der Waals surface area contributed by atoms with E-state index in [-0.39, 0.29) is 11.0 Å². The van der Waals surface area contributed by atoms with Crippen molar-refractivity contribution in [3.8, 4) is 0 Å². The third-order valence-electron chi connectivity index (χ3n) is 4.96. The molecule has 2 aromatic rings. The van der Waals surface area contributed by atoms with E-state index in [2.05, 4.69) is 10.1 Å². The second-order valence-electron chi connectivity index (χ2n) is 6.99. The van der Waals surface area contributed by atoms with Gasteiger partial charge in [-0.3, -0.25) is 0 Å². The van der Waals surface area contributed by atoms with Crippen molar-refractivity contribution in [1.29, 1.82) is 0 Å². The van der Waals surface area contributed by atoms with E-state index in [0.717, 1.165) is 25.7 Å². The predicted molar refractivity (Wildman–Crippen MR) is 103 cm³/mol. The summed E-state index contributed by atoms with van der Waals surface area (Å²) in [6, 6.07) is 3.26. The third-order valence-corrected chi connectivity index (χ3v) is 5.16. The Bertz CT molecular complexity index is 786. The van der Waals surface area contributed by atoms with Crippen molar-refractivity contribution >= 4 is 29.1 Å². The Hall–Kier alpha value is -1.95. The topological polar surface area (TPSA) is 73.3 Å². The van der Waals surface area contributed by atoms with Crippen LogP contribution in [0.25, 0.3) is 11.7 Å². The van der Waals surface area contributed by atoms with Gasteiger partial charge in [-0.2, -0.15) is 4.98 Å². The van der Waals surface area contributed by atoms with Crippen molar-refractivity contribution in [3.63, 3.8) is 0 Å². The lowest BCUT2D eigenvalue weighted by Crippen LogP contribution is -1.99. The summed E-state index contributed by atoms with van der Waals surface area (Å²) in [6.45, 7) is 0. The summed E-state index contributed by atoms with van der Waals surface area (Å²) in [7, 11) is 0. The van der Waals surface area contributed by atoms with E-state index in [1.165, 1.54) is 55.0 Å². The molecule has 0 saturated heterocycles. The quantitative estimate of drug-likeness (QED) is 0.477. The standard InChI is InChI=1S/C19H25ClN4O2/c20-17-12-13-18-21-16(19(24(25)26)23(18)22-17)14-15-10-8-6-4-2-1-3-5-7-9-11-15/h12-14H,1-11H2. The molecule has 1 aliphatic rings. The Balaban J connectivity index is 1.89. The minimum absolute atomic E-state index is 0.110. The van der Waals surface area contributed by atoms with Crippen molar-refractivity contribution in [3.05, 3.63) is 38.7 Å². The van der Waals surface area contributed by atoms with Crippen LogP contribution in [0, 0.1) is 10.1 Å². The molecule has 2 heterocycles. The summed E-state index contributed by atoms with van der Waals surface area (Å²) in [5.41, 5.74) is 2.08. The molecule has 0 aliphatic heterocycles. The smallest absolute Gasteiger partial charge is 0.358 e. The number of hydrogen-bond acceptors (Lipinski definition) is 4. The zero-order valence-electron chi connectivity index (χ0n) is 15.0. The number of fused-ring (bicyclic) bond motifs is 1. The molecule has 1 aliphatic carbocycles. The molecule has 0 spiro atoms. The molecular weight excluding hydrogens is 352 g/mol. The van der Waals surface area contributed by atoms with Crippen molar-refractivity contribution in [2.24, 2.45) is 0 Å². The molecule has 0 bridgehead atoms. The van der Waals surface area contributed by atoms with Crippen molar-refractivity contribution in [1.82, 2.24) is 14.6 Å². The van der Waals surface area contributed by atoms with E-state index in [1.807, 2.05) is 6.08 Å². The van der Waals surface area contributed by atoms with E-state index in [1.54, 1.807) is 12.1 Å². The summed E-state index contributed by atoms with van der Waals surface area (Å²) >= 11 is 5.90. The number of hydrogen-bond donors (Lipinski definition) is 0. The highest BCUT2D eigenvalue weighted by Crippen LogP contribution is 2.27. The second-order valence-corrected chi connectivity index (χ2v) is 7.38. The Morgan fingerprint density at radius 2 is 1.58 bits per heavy atom. The van der Waals surface area contributed by atoms with Gasteiger partial charge >= 0.3 is 5.82 Å². The van der Waals surface area contributed by atoms with Crippen LogP contribution in [0.3, 0.4) is 0 Å². The predicted octanol–water partition coefficient (Wildman–Crippen LogP) is 5.98. The fourth-order valence-electron chi connectivity index (χ4n) is 3.59. The number of nitro groups is 1. The van der Waals surface area contributed by atoms with Crippen LogP contribution in [0.2, 0.25) is 5.15 Å². The third kappa shape index (κ3) is 4.81. The lowest BCUT2D eigenvalue weighted by molar-refractivity contribution is -0.391. The molecule has 0 radical (unpaired) electrons. The highest BCUT2D eigenvalue weighted by Gasteiger charge is 2.23. The van der Waals surface area contributed by atoms with Gasteiger partial charge in [0.25, 0.3) is 0 Å². The molecule has 0 unspecified atom stereocenters. The second kappa shape index (κ2) is 9.12. The Kier molecular flexibility index (Phi) is 6.61. The highest BCUT2D eigenvalue weighted by molar-refractivity contribution is 6.29. The zero-order chi connectivity index (χ0) is 18.4. The summed E-state index contributed by atoms with van der Waals surface area (Å²) < 4.78 is 1.23. The van der Waals surface area contributed by atoms with Crippen LogP contribution in [-0.2, 0) is 0 Å². The minimum Gasteiger partial charge on any atom is -0.358 e. The summed E-state index contributed by atoms with van der Waals surface area (Å²) in [6.07, 6.45) is 15.2. The summed E-state index contributed by atoms with van der Waals surface area (Å²) in [5, 5.41) is 15.8. The van der Waals surface area contributed by atoms with E-state index >= 15 is 0 Å². The molecule has 2 aromatic heterocycles. The van der Waals surface area contributed by atoms with Gasteiger partial charge in [0.05, 0.1) is 0 Å². The molecule has 26 heavy (non-hydrogen) atoms. The maximum atomic E-state index is 11.6. The Labute approximate surface area is 158 Å². The van der Waals surface area contributed by atoms with Crippen LogP contribution in [-0.4, -0.2) is 19.5 Å². The first kappa shape index (κ1) is 18.8. The molecule has 0 amide bonds. The Morgan fingerprint density at radius 3 is 2.15 bits per heavy atom. The van der Waals surface area contributed by atoms with Crippen LogP contribution in [0.1, 0.15) is 76.3 Å². The first-order valence-electron chi connectivity index (χ1n) is 9.54. The fraction of sp³-hybridized carbons (Fsp3) is 0.579. The molecular formula is C19H25ClN4O2. The number of imidazole rings is 1. The van der Waals surface area contributed by atoms with Crippen molar-refractivity contribution < 1.29 is 4.92 Å². The number of rotatable bonds is 2. The minimum atomic E-state index is -0.425. The van der Waals surface area contributed by atoms with Crippen LogP contribution >= 0.6 is 11.6 Å². The molecule has 6 nitrogen and oxygen atoms in total. The number of nitrogens with zero attached hydrogens (tertiary/aromatic N) is 4. The van der Waals surface area contributed by atoms with Gasteiger partial charge < -0.3 is 10.1 Å². The molecule has 0 aromatic carbocycles. The van der Waals surface area contributed by atoms with Gasteiger partial charge in [0, 0.05) is 6.07 Å². The zero-order valence-corrected chi connectivity index (χ0v) is 15.7. The van der Waals surface area contributed by atoms with Crippen LogP contribution < -0.4 is 0 Å². The van der Waals surface area contributed by atoms with Gasteiger partial charge in [-0.1, -0.05) is 71.7 Å². The van der Waals surface area contributed by atoms with E-state index in [9.17, 15) is 10.1 Å². The highest BCUT2D eigenvalue weighted by atomic mass is 35.5. The maximum Gasteiger partial charge on any atom is 0.376 e. The van der Waals surface area contributed by atoms with E-state index in [0.29, 0.717) is 11.3 Å². The first-order valence-corrected chi connectivity index (χ1v) is 9.92. The molecule has 7 heteroatoms. The fourth-order valence-corrected chi connectivity index (χ4v) is 3.73. The summed E-state index contributed by atoms with van der Waals surface area (Å²) in [5.74, 6) is -0.110. The number of allylic oxidation sites excluding steroid dienone is 1. The van der Waals surface area contributed by atoms with Crippen molar-refractivity contribution in [2.75, 3.05) is 0 Å².